The summed E-state index contributed by atoms with van der Waals surface area (Å²) in [5, 5.41) is 3.65. The van der Waals surface area contributed by atoms with Crippen molar-refractivity contribution in [3.05, 3.63) is 78.1 Å². The molecule has 0 atom stereocenters. The van der Waals surface area contributed by atoms with Gasteiger partial charge in [0.15, 0.2) is 10.8 Å². The fourth-order valence-electron chi connectivity index (χ4n) is 2.69. The Morgan fingerprint density at radius 1 is 1.14 bits per heavy atom. The molecular weight excluding hydrogens is 372 g/mol. The standard InChI is InChI=1S/C22H18N2O3S/c1-26-16-9-6-15(7-10-16)8-13-21(25)23-14-17-11-12-19(27-17)22-24-18-4-2-3-5-20(18)28-22/h2-13H,14H2,1H3,(H,23,25)/b13-8+. The SMILES string of the molecule is COc1ccc(/C=C/C(=O)NCc2ccc(-c3nc4ccccc4s3)o2)cc1. The van der Waals surface area contributed by atoms with Gasteiger partial charge in [-0.15, -0.1) is 11.3 Å². The van der Waals surface area contributed by atoms with E-state index in [0.29, 0.717) is 18.1 Å². The lowest BCUT2D eigenvalue weighted by molar-refractivity contribution is -0.116. The number of hydrogen-bond donors (Lipinski definition) is 1. The Kier molecular flexibility index (Phi) is 5.21. The zero-order valence-corrected chi connectivity index (χ0v) is 16.0. The minimum Gasteiger partial charge on any atom is -0.497 e. The lowest BCUT2D eigenvalue weighted by atomic mass is 10.2. The molecular formula is C22H18N2O3S. The maximum absolute atomic E-state index is 12.0. The van der Waals surface area contributed by atoms with Crippen molar-refractivity contribution in [3.63, 3.8) is 0 Å². The van der Waals surface area contributed by atoms with E-state index in [9.17, 15) is 4.79 Å². The molecule has 1 amide bonds. The van der Waals surface area contributed by atoms with Crippen LogP contribution in [0.3, 0.4) is 0 Å². The quantitative estimate of drug-likeness (QED) is 0.476. The number of benzene rings is 2. The molecule has 6 heteroatoms. The predicted octanol–water partition coefficient (Wildman–Crippen LogP) is 4.89. The molecule has 0 saturated carbocycles. The van der Waals surface area contributed by atoms with E-state index in [1.165, 1.54) is 6.08 Å². The average Bonchev–Trinajstić information content (AvgIpc) is 3.37. The first-order chi connectivity index (χ1) is 13.7. The second-order valence-electron chi connectivity index (χ2n) is 6.08. The number of para-hydroxylation sites is 1. The van der Waals surface area contributed by atoms with E-state index < -0.39 is 0 Å². The van der Waals surface area contributed by atoms with Gasteiger partial charge >= 0.3 is 0 Å². The van der Waals surface area contributed by atoms with Gasteiger partial charge in [0, 0.05) is 6.08 Å². The van der Waals surface area contributed by atoms with Crippen molar-refractivity contribution in [1.29, 1.82) is 0 Å². The molecule has 28 heavy (non-hydrogen) atoms. The summed E-state index contributed by atoms with van der Waals surface area (Å²) in [5.41, 5.74) is 1.88. The minimum atomic E-state index is -0.186. The number of hydrogen-bond acceptors (Lipinski definition) is 5. The van der Waals surface area contributed by atoms with Crippen LogP contribution in [0.15, 0.2) is 71.2 Å². The van der Waals surface area contributed by atoms with Crippen LogP contribution in [0.1, 0.15) is 11.3 Å². The molecule has 0 bridgehead atoms. The van der Waals surface area contributed by atoms with Crippen LogP contribution in [0.5, 0.6) is 5.75 Å². The highest BCUT2D eigenvalue weighted by molar-refractivity contribution is 7.21. The summed E-state index contributed by atoms with van der Waals surface area (Å²) in [6, 6.07) is 19.2. The fraction of sp³-hybridized carbons (Fsp3) is 0.0909. The summed E-state index contributed by atoms with van der Waals surface area (Å²) in [6.45, 7) is 0.316. The van der Waals surface area contributed by atoms with E-state index in [0.717, 1.165) is 26.5 Å². The molecule has 0 aliphatic carbocycles. The van der Waals surface area contributed by atoms with Gasteiger partial charge in [0.1, 0.15) is 11.5 Å². The van der Waals surface area contributed by atoms with Gasteiger partial charge in [-0.25, -0.2) is 4.98 Å². The molecule has 2 aromatic carbocycles. The number of nitrogens with zero attached hydrogens (tertiary/aromatic N) is 1. The fourth-order valence-corrected chi connectivity index (χ4v) is 3.61. The van der Waals surface area contributed by atoms with Crippen molar-refractivity contribution in [3.8, 4) is 16.5 Å². The Labute approximate surface area is 166 Å². The van der Waals surface area contributed by atoms with Crippen LogP contribution < -0.4 is 10.1 Å². The smallest absolute Gasteiger partial charge is 0.244 e. The third kappa shape index (κ3) is 4.13. The van der Waals surface area contributed by atoms with Crippen molar-refractivity contribution in [2.75, 3.05) is 7.11 Å². The molecule has 2 aromatic heterocycles. The van der Waals surface area contributed by atoms with Gasteiger partial charge < -0.3 is 14.5 Å². The lowest BCUT2D eigenvalue weighted by Crippen LogP contribution is -2.19. The van der Waals surface area contributed by atoms with Crippen LogP contribution in [0.2, 0.25) is 0 Å². The highest BCUT2D eigenvalue weighted by Crippen LogP contribution is 2.31. The molecule has 1 N–H and O–H groups in total. The molecule has 2 heterocycles. The summed E-state index contributed by atoms with van der Waals surface area (Å²) >= 11 is 1.58. The van der Waals surface area contributed by atoms with E-state index >= 15 is 0 Å². The van der Waals surface area contributed by atoms with Gasteiger partial charge in [-0.1, -0.05) is 24.3 Å². The Morgan fingerprint density at radius 2 is 1.96 bits per heavy atom. The van der Waals surface area contributed by atoms with Gasteiger partial charge in [0.2, 0.25) is 5.91 Å². The summed E-state index contributed by atoms with van der Waals surface area (Å²) in [6.07, 6.45) is 3.25. The lowest BCUT2D eigenvalue weighted by Gasteiger charge is -2.00. The van der Waals surface area contributed by atoms with Crippen LogP contribution in [-0.2, 0) is 11.3 Å². The first kappa shape index (κ1) is 18.0. The number of aromatic nitrogens is 1. The molecule has 0 saturated heterocycles. The van der Waals surface area contributed by atoms with Crippen molar-refractivity contribution in [1.82, 2.24) is 10.3 Å². The Balaban J connectivity index is 1.36. The van der Waals surface area contributed by atoms with Crippen molar-refractivity contribution in [2.45, 2.75) is 6.54 Å². The topological polar surface area (TPSA) is 64.4 Å². The minimum absolute atomic E-state index is 0.186. The Bertz CT molecular complexity index is 1090. The summed E-state index contributed by atoms with van der Waals surface area (Å²) in [7, 11) is 1.62. The zero-order valence-electron chi connectivity index (χ0n) is 15.2. The highest BCUT2D eigenvalue weighted by atomic mass is 32.1. The van der Waals surface area contributed by atoms with Gasteiger partial charge in [0.05, 0.1) is 23.9 Å². The number of rotatable bonds is 6. The highest BCUT2D eigenvalue weighted by Gasteiger charge is 2.10. The summed E-state index contributed by atoms with van der Waals surface area (Å²) < 4.78 is 12.1. The third-order valence-corrected chi connectivity index (χ3v) is 5.20. The molecule has 0 aliphatic heterocycles. The first-order valence-corrected chi connectivity index (χ1v) is 9.57. The summed E-state index contributed by atoms with van der Waals surface area (Å²) in [4.78, 5) is 16.6. The Morgan fingerprint density at radius 3 is 2.75 bits per heavy atom. The third-order valence-electron chi connectivity index (χ3n) is 4.15. The number of furan rings is 1. The second-order valence-corrected chi connectivity index (χ2v) is 7.11. The summed E-state index contributed by atoms with van der Waals surface area (Å²) in [5.74, 6) is 1.98. The normalized spacial score (nSPS) is 11.2. The molecule has 0 radical (unpaired) electrons. The predicted molar refractivity (Wildman–Crippen MR) is 111 cm³/mol. The largest absolute Gasteiger partial charge is 0.497 e. The first-order valence-electron chi connectivity index (χ1n) is 8.76. The average molecular weight is 390 g/mol. The van der Waals surface area contributed by atoms with Crippen LogP contribution >= 0.6 is 11.3 Å². The van der Waals surface area contributed by atoms with Crippen LogP contribution in [0.4, 0.5) is 0 Å². The molecule has 0 fully saturated rings. The van der Waals surface area contributed by atoms with Crippen molar-refractivity contribution >= 4 is 33.5 Å². The number of carbonyl (C=O) groups is 1. The van der Waals surface area contributed by atoms with Gasteiger partial charge in [-0.2, -0.15) is 0 Å². The molecule has 4 rings (SSSR count). The molecule has 0 unspecified atom stereocenters. The molecule has 0 aliphatic rings. The van der Waals surface area contributed by atoms with Crippen LogP contribution in [-0.4, -0.2) is 18.0 Å². The number of nitrogens with one attached hydrogen (secondary N) is 1. The molecule has 0 spiro atoms. The number of amides is 1. The number of methoxy groups -OCH3 is 1. The van der Waals surface area contributed by atoms with E-state index in [1.54, 1.807) is 24.5 Å². The number of ether oxygens (including phenoxy) is 1. The number of thiazole rings is 1. The van der Waals surface area contributed by atoms with E-state index in [2.05, 4.69) is 10.3 Å². The van der Waals surface area contributed by atoms with E-state index in [4.69, 9.17) is 9.15 Å². The van der Waals surface area contributed by atoms with Gasteiger partial charge in [0.25, 0.3) is 0 Å². The van der Waals surface area contributed by atoms with E-state index in [1.807, 2.05) is 60.7 Å². The number of fused-ring (bicyclic) bond motifs is 1. The molecule has 140 valence electrons. The maximum Gasteiger partial charge on any atom is 0.244 e. The Hall–Kier alpha value is -3.38. The molecule has 5 nitrogen and oxygen atoms in total. The van der Waals surface area contributed by atoms with Crippen LogP contribution in [0.25, 0.3) is 27.1 Å². The van der Waals surface area contributed by atoms with Crippen molar-refractivity contribution in [2.24, 2.45) is 0 Å². The molecule has 4 aromatic rings. The zero-order chi connectivity index (χ0) is 19.3. The van der Waals surface area contributed by atoms with Crippen molar-refractivity contribution < 1.29 is 13.9 Å². The second kappa shape index (κ2) is 8.10. The van der Waals surface area contributed by atoms with Crippen LogP contribution in [0, 0.1) is 0 Å². The maximum atomic E-state index is 12.0. The number of carbonyl (C=O) groups excluding carboxylic acids is 1. The van der Waals surface area contributed by atoms with Gasteiger partial charge in [-0.05, 0) is 48.0 Å². The van der Waals surface area contributed by atoms with E-state index in [-0.39, 0.29) is 5.91 Å². The monoisotopic (exact) mass is 390 g/mol. The van der Waals surface area contributed by atoms with Gasteiger partial charge in [-0.3, -0.25) is 4.79 Å².